The Balaban J connectivity index is 1.49. The Bertz CT molecular complexity index is 855. The van der Waals surface area contributed by atoms with E-state index in [0.29, 0.717) is 27.6 Å². The first-order valence-corrected chi connectivity index (χ1v) is 11.1. The molecule has 29 heavy (non-hydrogen) atoms. The predicted molar refractivity (Wildman–Crippen MR) is 115 cm³/mol. The fourth-order valence-electron chi connectivity index (χ4n) is 3.42. The number of benzene rings is 1. The largest absolute Gasteiger partial charge is 0.352 e. The number of thioether (sulfide) groups is 1. The van der Waals surface area contributed by atoms with E-state index in [-0.39, 0.29) is 30.0 Å². The number of aromatic nitrogens is 3. The standard InChI is InChI=1S/C20H26ClN5O2S/c1-13-5-3-4-6-16(13)23-19(28)12-29-20-25-24-17(26(20)2)11-18(27)22-15-9-7-14(21)8-10-15/h7-10,13,16H,3-6,11-12H2,1-2H3,(H,22,27)(H,23,28)/t13-,16-/m1/s1. The van der Waals surface area contributed by atoms with Crippen LogP contribution in [0.15, 0.2) is 29.4 Å². The van der Waals surface area contributed by atoms with Gasteiger partial charge >= 0.3 is 0 Å². The van der Waals surface area contributed by atoms with Crippen LogP contribution in [0.4, 0.5) is 5.69 Å². The molecule has 2 amide bonds. The summed E-state index contributed by atoms with van der Waals surface area (Å²) in [6.07, 6.45) is 4.73. The molecule has 156 valence electrons. The quantitative estimate of drug-likeness (QED) is 0.650. The van der Waals surface area contributed by atoms with Crippen LogP contribution in [0.2, 0.25) is 5.02 Å². The van der Waals surface area contributed by atoms with Gasteiger partial charge < -0.3 is 15.2 Å². The van der Waals surface area contributed by atoms with Crippen molar-refractivity contribution >= 4 is 40.9 Å². The summed E-state index contributed by atoms with van der Waals surface area (Å²) in [5.41, 5.74) is 0.671. The van der Waals surface area contributed by atoms with Crippen LogP contribution >= 0.6 is 23.4 Å². The zero-order valence-electron chi connectivity index (χ0n) is 16.7. The number of nitrogens with zero attached hydrogens (tertiary/aromatic N) is 3. The van der Waals surface area contributed by atoms with Gasteiger partial charge in [0.1, 0.15) is 5.82 Å². The van der Waals surface area contributed by atoms with Gasteiger partial charge in [0.25, 0.3) is 0 Å². The van der Waals surface area contributed by atoms with Crippen LogP contribution in [-0.2, 0) is 23.1 Å². The van der Waals surface area contributed by atoms with Crippen molar-refractivity contribution in [1.82, 2.24) is 20.1 Å². The van der Waals surface area contributed by atoms with Crippen molar-refractivity contribution in [3.63, 3.8) is 0 Å². The van der Waals surface area contributed by atoms with Crippen molar-refractivity contribution in [2.24, 2.45) is 13.0 Å². The van der Waals surface area contributed by atoms with Crippen molar-refractivity contribution in [1.29, 1.82) is 0 Å². The smallest absolute Gasteiger partial charge is 0.232 e. The fraction of sp³-hybridized carbons (Fsp3) is 0.500. The third-order valence-electron chi connectivity index (χ3n) is 5.16. The first kappa shape index (κ1) is 21.6. The van der Waals surface area contributed by atoms with Crippen LogP contribution < -0.4 is 10.6 Å². The molecule has 2 aromatic rings. The fourth-order valence-corrected chi connectivity index (χ4v) is 4.28. The van der Waals surface area contributed by atoms with Crippen LogP contribution in [0.25, 0.3) is 0 Å². The Kier molecular flexibility index (Phi) is 7.55. The van der Waals surface area contributed by atoms with Gasteiger partial charge in [-0.1, -0.05) is 43.1 Å². The van der Waals surface area contributed by atoms with Gasteiger partial charge in [0.2, 0.25) is 11.8 Å². The zero-order chi connectivity index (χ0) is 20.8. The molecule has 1 aliphatic carbocycles. The maximum Gasteiger partial charge on any atom is 0.232 e. The number of hydrogen-bond donors (Lipinski definition) is 2. The average molecular weight is 436 g/mol. The Labute approximate surface area is 180 Å². The minimum absolute atomic E-state index is 0.0128. The van der Waals surface area contributed by atoms with Crippen molar-refractivity contribution in [2.75, 3.05) is 11.1 Å². The molecule has 1 fully saturated rings. The third kappa shape index (κ3) is 6.21. The summed E-state index contributed by atoms with van der Waals surface area (Å²) in [5.74, 6) is 1.17. The molecule has 3 rings (SSSR count). The molecule has 1 aromatic carbocycles. The van der Waals surface area contributed by atoms with E-state index >= 15 is 0 Å². The van der Waals surface area contributed by atoms with Crippen LogP contribution in [0, 0.1) is 5.92 Å². The van der Waals surface area contributed by atoms with E-state index in [1.165, 1.54) is 31.0 Å². The summed E-state index contributed by atoms with van der Waals surface area (Å²) >= 11 is 7.18. The van der Waals surface area contributed by atoms with Crippen LogP contribution in [0.1, 0.15) is 38.4 Å². The summed E-state index contributed by atoms with van der Waals surface area (Å²) in [6, 6.07) is 7.18. The number of rotatable bonds is 7. The number of carbonyl (C=O) groups is 2. The SMILES string of the molecule is C[C@@H]1CCCC[C@H]1NC(=O)CSc1nnc(CC(=O)Nc2ccc(Cl)cc2)n1C. The van der Waals surface area contributed by atoms with Gasteiger partial charge in [-0.2, -0.15) is 0 Å². The van der Waals surface area contributed by atoms with E-state index in [2.05, 4.69) is 27.8 Å². The average Bonchev–Trinajstić information content (AvgIpc) is 3.03. The molecule has 2 atom stereocenters. The summed E-state index contributed by atoms with van der Waals surface area (Å²) in [5, 5.41) is 15.4. The Morgan fingerprint density at radius 3 is 2.62 bits per heavy atom. The Hall–Kier alpha value is -2.06. The van der Waals surface area contributed by atoms with Gasteiger partial charge in [-0.05, 0) is 43.0 Å². The predicted octanol–water partition coefficient (Wildman–Crippen LogP) is 3.44. The molecule has 1 heterocycles. The maximum atomic E-state index is 12.3. The topological polar surface area (TPSA) is 88.9 Å². The molecule has 0 bridgehead atoms. The maximum absolute atomic E-state index is 12.3. The molecule has 0 radical (unpaired) electrons. The number of nitrogens with one attached hydrogen (secondary N) is 2. The molecule has 0 saturated heterocycles. The molecule has 9 heteroatoms. The summed E-state index contributed by atoms with van der Waals surface area (Å²) < 4.78 is 1.75. The number of amides is 2. The first-order valence-electron chi connectivity index (χ1n) is 9.78. The number of anilines is 1. The summed E-state index contributed by atoms with van der Waals surface area (Å²) in [6.45, 7) is 2.20. The van der Waals surface area contributed by atoms with Gasteiger partial charge in [0, 0.05) is 23.8 Å². The molecular weight excluding hydrogens is 410 g/mol. The Morgan fingerprint density at radius 1 is 1.17 bits per heavy atom. The zero-order valence-corrected chi connectivity index (χ0v) is 18.2. The number of hydrogen-bond acceptors (Lipinski definition) is 5. The second-order valence-corrected chi connectivity index (χ2v) is 8.79. The van der Waals surface area contributed by atoms with Crippen molar-refractivity contribution < 1.29 is 9.59 Å². The molecule has 0 unspecified atom stereocenters. The van der Waals surface area contributed by atoms with Crippen LogP contribution in [0.5, 0.6) is 0 Å². The highest BCUT2D eigenvalue weighted by atomic mass is 35.5. The lowest BCUT2D eigenvalue weighted by molar-refractivity contribution is -0.120. The number of halogens is 1. The van der Waals surface area contributed by atoms with Crippen molar-refractivity contribution in [3.05, 3.63) is 35.1 Å². The van der Waals surface area contributed by atoms with Gasteiger partial charge in [-0.3, -0.25) is 9.59 Å². The van der Waals surface area contributed by atoms with Crippen molar-refractivity contribution in [3.8, 4) is 0 Å². The summed E-state index contributed by atoms with van der Waals surface area (Å²) in [7, 11) is 1.80. The molecular formula is C20H26ClN5O2S. The lowest BCUT2D eigenvalue weighted by Crippen LogP contribution is -2.41. The highest BCUT2D eigenvalue weighted by Crippen LogP contribution is 2.24. The lowest BCUT2D eigenvalue weighted by Gasteiger charge is -2.29. The minimum Gasteiger partial charge on any atom is -0.352 e. The molecule has 0 aliphatic heterocycles. The highest BCUT2D eigenvalue weighted by molar-refractivity contribution is 7.99. The molecule has 7 nitrogen and oxygen atoms in total. The van der Waals surface area contributed by atoms with Crippen LogP contribution in [-0.4, -0.2) is 38.4 Å². The van der Waals surface area contributed by atoms with E-state index in [1.807, 2.05) is 0 Å². The van der Waals surface area contributed by atoms with Gasteiger partial charge in [-0.15, -0.1) is 10.2 Å². The highest BCUT2D eigenvalue weighted by Gasteiger charge is 2.23. The normalized spacial score (nSPS) is 19.0. The third-order valence-corrected chi connectivity index (χ3v) is 6.43. The summed E-state index contributed by atoms with van der Waals surface area (Å²) in [4.78, 5) is 24.5. The molecule has 1 aromatic heterocycles. The van der Waals surface area contributed by atoms with Gasteiger partial charge in [-0.25, -0.2) is 0 Å². The van der Waals surface area contributed by atoms with E-state index in [0.717, 1.165) is 6.42 Å². The van der Waals surface area contributed by atoms with Crippen molar-refractivity contribution in [2.45, 2.75) is 50.2 Å². The second-order valence-electron chi connectivity index (χ2n) is 7.41. The van der Waals surface area contributed by atoms with Gasteiger partial charge in [0.05, 0.1) is 12.2 Å². The van der Waals surface area contributed by atoms with E-state index in [9.17, 15) is 9.59 Å². The van der Waals surface area contributed by atoms with Gasteiger partial charge in [0.15, 0.2) is 5.16 Å². The monoisotopic (exact) mass is 435 g/mol. The van der Waals surface area contributed by atoms with E-state index < -0.39 is 0 Å². The first-order chi connectivity index (χ1) is 13.9. The second kappa shape index (κ2) is 10.1. The number of carbonyl (C=O) groups excluding carboxylic acids is 2. The Morgan fingerprint density at radius 2 is 1.90 bits per heavy atom. The molecule has 1 saturated carbocycles. The van der Waals surface area contributed by atoms with E-state index in [4.69, 9.17) is 11.6 Å². The molecule has 2 N–H and O–H groups in total. The van der Waals surface area contributed by atoms with E-state index in [1.54, 1.807) is 35.9 Å². The minimum atomic E-state index is -0.191. The lowest BCUT2D eigenvalue weighted by atomic mass is 9.86. The molecule has 1 aliphatic rings. The van der Waals surface area contributed by atoms with Crippen LogP contribution in [0.3, 0.4) is 0 Å². The molecule has 0 spiro atoms.